The van der Waals surface area contributed by atoms with Crippen LogP contribution in [-0.2, 0) is 32.9 Å². The molecule has 0 amide bonds. The molecular weight excluding hydrogens is 659 g/mol. The Balaban J connectivity index is 1.59. The van der Waals surface area contributed by atoms with Gasteiger partial charge in [0, 0.05) is 6.10 Å². The molecule has 2 N–H and O–H groups in total. The van der Waals surface area contributed by atoms with E-state index in [1.54, 1.807) is 0 Å². The smallest absolute Gasteiger partial charge is 0.308 e. The summed E-state index contributed by atoms with van der Waals surface area (Å²) in [6.45, 7) is 17.4. The lowest BCUT2D eigenvalue weighted by Gasteiger charge is -2.44. The van der Waals surface area contributed by atoms with Crippen molar-refractivity contribution in [2.45, 2.75) is 163 Å². The molecule has 0 bridgehead atoms. The van der Waals surface area contributed by atoms with Crippen LogP contribution in [0.4, 0.5) is 0 Å². The minimum atomic E-state index is -2.02. The minimum absolute atomic E-state index is 0.0289. The van der Waals surface area contributed by atoms with Gasteiger partial charge < -0.3 is 38.3 Å². The molecule has 0 aromatic heterocycles. The van der Waals surface area contributed by atoms with Crippen molar-refractivity contribution < 1.29 is 43.1 Å². The molecule has 41 heavy (non-hydrogen) atoms. The van der Waals surface area contributed by atoms with Crippen LogP contribution in [-0.4, -0.2) is 96.8 Å². The number of aliphatic hydroxyl groups is 2. The van der Waals surface area contributed by atoms with Gasteiger partial charge in [-0.1, -0.05) is 50.3 Å². The van der Waals surface area contributed by atoms with E-state index < -0.39 is 26.3 Å². The van der Waals surface area contributed by atoms with Gasteiger partial charge in [0.2, 0.25) is 0 Å². The van der Waals surface area contributed by atoms with Gasteiger partial charge in [0.05, 0.1) is 60.7 Å². The summed E-state index contributed by atoms with van der Waals surface area (Å²) in [4.78, 5) is 12.1. The number of hydrogen-bond acceptors (Lipinski definition) is 9. The van der Waals surface area contributed by atoms with Crippen molar-refractivity contribution in [2.24, 2.45) is 5.92 Å². The zero-order valence-electron chi connectivity index (χ0n) is 26.6. The Bertz CT molecular complexity index is 850. The van der Waals surface area contributed by atoms with Crippen molar-refractivity contribution in [3.63, 3.8) is 0 Å². The number of halogens is 1. The quantitative estimate of drug-likeness (QED) is 0.130. The standard InChI is InChI=1S/C30H55IO9Si/c1-18-10-11-23(27(31)28(34)25-17-36-30(5,6)39-25)38-24(18)13-19(32)12-20-14-22(40-41(8,9)29(2,3)4)15-21(37-20)16-26(33)35-7/h18-25,27-28,32,34H,10-17H2,1-9H3/t18-,19-,20+,21+,22+,23-,24+,25+,27-,28-/m0/s1. The van der Waals surface area contributed by atoms with Crippen molar-refractivity contribution >= 4 is 36.9 Å². The first-order valence-electron chi connectivity index (χ1n) is 15.3. The number of alkyl halides is 1. The molecule has 3 fully saturated rings. The normalized spacial score (nSPS) is 35.1. The van der Waals surface area contributed by atoms with Gasteiger partial charge in [-0.25, -0.2) is 0 Å². The highest BCUT2D eigenvalue weighted by Crippen LogP contribution is 2.40. The van der Waals surface area contributed by atoms with Gasteiger partial charge in [0.1, 0.15) is 6.10 Å². The average molecular weight is 715 g/mol. The highest BCUT2D eigenvalue weighted by Gasteiger charge is 2.45. The number of carbonyl (C=O) groups is 1. The van der Waals surface area contributed by atoms with Crippen LogP contribution >= 0.6 is 22.6 Å². The second-order valence-corrected chi connectivity index (χ2v) is 20.5. The number of rotatable bonds is 11. The summed E-state index contributed by atoms with van der Waals surface area (Å²) in [5, 5.41) is 22.3. The third-order valence-corrected chi connectivity index (χ3v) is 15.4. The molecular formula is C30H55IO9Si. The molecule has 10 atom stereocenters. The topological polar surface area (TPSA) is 113 Å². The maximum absolute atomic E-state index is 12.1. The third kappa shape index (κ3) is 10.1. The van der Waals surface area contributed by atoms with Crippen LogP contribution in [0, 0.1) is 5.92 Å². The minimum Gasteiger partial charge on any atom is -0.469 e. The number of hydrogen-bond donors (Lipinski definition) is 2. The zero-order chi connectivity index (χ0) is 30.8. The molecule has 3 aliphatic heterocycles. The van der Waals surface area contributed by atoms with Gasteiger partial charge in [0.25, 0.3) is 0 Å². The molecule has 0 saturated carbocycles. The van der Waals surface area contributed by atoms with Gasteiger partial charge in [-0.05, 0) is 76.4 Å². The van der Waals surface area contributed by atoms with Crippen molar-refractivity contribution in [1.29, 1.82) is 0 Å². The molecule has 3 saturated heterocycles. The number of methoxy groups -OCH3 is 1. The van der Waals surface area contributed by atoms with Crippen molar-refractivity contribution in [1.82, 2.24) is 0 Å². The highest BCUT2D eigenvalue weighted by molar-refractivity contribution is 14.1. The van der Waals surface area contributed by atoms with E-state index in [9.17, 15) is 15.0 Å². The SMILES string of the molecule is COC(=O)C[C@H]1C[C@H](O[Si](C)(C)C(C)(C)C)C[C@@H](C[C@H](O)C[C@H]2O[C@H]([C@H](I)[C@@H](O)[C@H]3COC(C)(C)O3)CC[C@@H]2C)O1. The van der Waals surface area contributed by atoms with Crippen LogP contribution in [0.5, 0.6) is 0 Å². The van der Waals surface area contributed by atoms with E-state index in [0.717, 1.165) is 12.8 Å². The summed E-state index contributed by atoms with van der Waals surface area (Å²) in [7, 11) is -0.630. The first-order chi connectivity index (χ1) is 18.9. The van der Waals surface area contributed by atoms with Crippen LogP contribution in [0.2, 0.25) is 18.1 Å². The molecule has 0 unspecified atom stereocenters. The van der Waals surface area contributed by atoms with Gasteiger partial charge in [-0.3, -0.25) is 4.79 Å². The van der Waals surface area contributed by atoms with Gasteiger partial charge in [0.15, 0.2) is 14.1 Å². The summed E-state index contributed by atoms with van der Waals surface area (Å²) in [5.74, 6) is -0.699. The summed E-state index contributed by atoms with van der Waals surface area (Å²) in [5.41, 5.74) is 0. The molecule has 3 rings (SSSR count). The molecule has 0 spiro atoms. The predicted octanol–water partition coefficient (Wildman–Crippen LogP) is 5.13. The van der Waals surface area contributed by atoms with Gasteiger partial charge in [-0.2, -0.15) is 0 Å². The van der Waals surface area contributed by atoms with Crippen LogP contribution in [0.3, 0.4) is 0 Å². The van der Waals surface area contributed by atoms with Crippen LogP contribution in [0.1, 0.15) is 86.5 Å². The number of esters is 1. The Hall–Kier alpha value is 0.137. The van der Waals surface area contributed by atoms with Gasteiger partial charge >= 0.3 is 5.97 Å². The van der Waals surface area contributed by atoms with E-state index in [-0.39, 0.29) is 58.0 Å². The largest absolute Gasteiger partial charge is 0.469 e. The summed E-state index contributed by atoms with van der Waals surface area (Å²) >= 11 is 2.28. The molecule has 0 aliphatic carbocycles. The lowest BCUT2D eigenvalue weighted by molar-refractivity contribution is -0.158. The van der Waals surface area contributed by atoms with Crippen LogP contribution in [0.25, 0.3) is 0 Å². The fourth-order valence-electron chi connectivity index (χ4n) is 5.85. The van der Waals surface area contributed by atoms with Crippen LogP contribution < -0.4 is 0 Å². The van der Waals surface area contributed by atoms with Crippen molar-refractivity contribution in [3.05, 3.63) is 0 Å². The van der Waals surface area contributed by atoms with Crippen molar-refractivity contribution in [2.75, 3.05) is 13.7 Å². The Morgan fingerprint density at radius 3 is 2.32 bits per heavy atom. The lowest BCUT2D eigenvalue weighted by atomic mass is 9.87. The summed E-state index contributed by atoms with van der Waals surface area (Å²) in [6, 6.07) is 0. The van der Waals surface area contributed by atoms with Gasteiger partial charge in [-0.15, -0.1) is 0 Å². The first kappa shape index (κ1) is 35.6. The summed E-state index contributed by atoms with van der Waals surface area (Å²) < 4.78 is 35.9. The molecule has 11 heteroatoms. The van der Waals surface area contributed by atoms with E-state index in [1.807, 2.05) is 13.8 Å². The summed E-state index contributed by atoms with van der Waals surface area (Å²) in [6.07, 6.45) is 1.73. The first-order valence-corrected chi connectivity index (χ1v) is 19.4. The molecule has 240 valence electrons. The average Bonchev–Trinajstić information content (AvgIpc) is 3.22. The zero-order valence-corrected chi connectivity index (χ0v) is 29.7. The molecule has 0 aromatic carbocycles. The molecule has 0 radical (unpaired) electrons. The van der Waals surface area contributed by atoms with Crippen LogP contribution in [0.15, 0.2) is 0 Å². The molecule has 0 aromatic rings. The highest BCUT2D eigenvalue weighted by atomic mass is 127. The second kappa shape index (κ2) is 14.5. The number of ether oxygens (including phenoxy) is 5. The maximum Gasteiger partial charge on any atom is 0.308 e. The van der Waals surface area contributed by atoms with E-state index >= 15 is 0 Å². The third-order valence-electron chi connectivity index (χ3n) is 9.35. The number of carbonyl (C=O) groups excluding carboxylic acids is 1. The van der Waals surface area contributed by atoms with E-state index in [0.29, 0.717) is 38.2 Å². The Labute approximate surface area is 262 Å². The second-order valence-electron chi connectivity index (χ2n) is 14.3. The Morgan fingerprint density at radius 2 is 1.73 bits per heavy atom. The molecule has 3 heterocycles. The van der Waals surface area contributed by atoms with Crippen molar-refractivity contribution in [3.8, 4) is 0 Å². The fourth-order valence-corrected chi connectivity index (χ4v) is 8.22. The van der Waals surface area contributed by atoms with E-state index in [2.05, 4.69) is 63.4 Å². The molecule has 3 aliphatic rings. The number of aliphatic hydroxyl groups excluding tert-OH is 2. The maximum atomic E-state index is 12.1. The fraction of sp³-hybridized carbons (Fsp3) is 0.967. The Kier molecular flexibility index (Phi) is 12.6. The predicted molar refractivity (Wildman–Crippen MR) is 168 cm³/mol. The van der Waals surface area contributed by atoms with E-state index in [4.69, 9.17) is 28.1 Å². The monoisotopic (exact) mass is 714 g/mol. The lowest BCUT2D eigenvalue weighted by Crippen LogP contribution is -2.49. The Morgan fingerprint density at radius 1 is 1.07 bits per heavy atom. The van der Waals surface area contributed by atoms with E-state index in [1.165, 1.54) is 7.11 Å². The molecule has 9 nitrogen and oxygen atoms in total.